The van der Waals surface area contributed by atoms with E-state index in [1.54, 1.807) is 35.8 Å². The number of nitrogens with zero attached hydrogens (tertiary/aromatic N) is 1. The van der Waals surface area contributed by atoms with Gasteiger partial charge in [0.1, 0.15) is 11.4 Å². The minimum absolute atomic E-state index is 0.0784. The maximum atomic E-state index is 12.5. The summed E-state index contributed by atoms with van der Waals surface area (Å²) in [4.78, 5) is 24.4. The maximum Gasteiger partial charge on any atom is 0.339 e. The lowest BCUT2D eigenvalue weighted by Crippen LogP contribution is -2.23. The number of rotatable bonds is 5. The predicted molar refractivity (Wildman–Crippen MR) is 111 cm³/mol. The topological polar surface area (TPSA) is 83.4 Å². The van der Waals surface area contributed by atoms with Crippen LogP contribution in [0.3, 0.4) is 0 Å². The highest BCUT2D eigenvalue weighted by atomic mass is 35.5. The van der Waals surface area contributed by atoms with E-state index in [0.717, 1.165) is 11.3 Å². The van der Waals surface area contributed by atoms with Crippen molar-refractivity contribution in [2.24, 2.45) is 0 Å². The molecule has 144 valence electrons. The minimum Gasteiger partial charge on any atom is -0.478 e. The summed E-state index contributed by atoms with van der Waals surface area (Å²) in [6, 6.07) is 15.8. The van der Waals surface area contributed by atoms with Crippen molar-refractivity contribution >= 4 is 35.1 Å². The smallest absolute Gasteiger partial charge is 0.339 e. The Kier molecular flexibility index (Phi) is 5.70. The molecule has 3 aromatic rings. The van der Waals surface area contributed by atoms with Gasteiger partial charge in [-0.25, -0.2) is 9.59 Å². The van der Waals surface area contributed by atoms with E-state index in [2.05, 4.69) is 10.6 Å². The third kappa shape index (κ3) is 4.18. The molecule has 3 N–H and O–H groups in total. The molecule has 0 unspecified atom stereocenters. The molecule has 2 amide bonds. The summed E-state index contributed by atoms with van der Waals surface area (Å²) >= 11 is 5.94. The Bertz CT molecular complexity index is 1030. The van der Waals surface area contributed by atoms with Gasteiger partial charge >= 0.3 is 12.0 Å². The van der Waals surface area contributed by atoms with Crippen LogP contribution in [0.15, 0.2) is 54.6 Å². The number of nitrogens with one attached hydrogen (secondary N) is 2. The fourth-order valence-electron chi connectivity index (χ4n) is 3.06. The van der Waals surface area contributed by atoms with Crippen LogP contribution in [0, 0.1) is 13.8 Å². The Hall–Kier alpha value is -3.25. The second kappa shape index (κ2) is 8.19. The number of amides is 2. The molecule has 28 heavy (non-hydrogen) atoms. The molecule has 0 atom stereocenters. The Morgan fingerprint density at radius 3 is 2.39 bits per heavy atom. The second-order valence-electron chi connectivity index (χ2n) is 6.40. The highest BCUT2D eigenvalue weighted by Gasteiger charge is 2.24. The highest BCUT2D eigenvalue weighted by Crippen LogP contribution is 2.28. The van der Waals surface area contributed by atoms with Crippen LogP contribution < -0.4 is 10.6 Å². The monoisotopic (exact) mass is 397 g/mol. The zero-order chi connectivity index (χ0) is 20.3. The van der Waals surface area contributed by atoms with Crippen LogP contribution in [0.2, 0.25) is 5.02 Å². The van der Waals surface area contributed by atoms with Crippen molar-refractivity contribution in [2.75, 3.05) is 10.6 Å². The van der Waals surface area contributed by atoms with E-state index >= 15 is 0 Å². The molecule has 1 aromatic heterocycles. The highest BCUT2D eigenvalue weighted by molar-refractivity contribution is 6.30. The van der Waals surface area contributed by atoms with Crippen molar-refractivity contribution < 1.29 is 14.7 Å². The van der Waals surface area contributed by atoms with Gasteiger partial charge in [0.25, 0.3) is 0 Å². The Balaban J connectivity index is 1.94. The average molecular weight is 398 g/mol. The van der Waals surface area contributed by atoms with Gasteiger partial charge < -0.3 is 15.0 Å². The summed E-state index contributed by atoms with van der Waals surface area (Å²) < 4.78 is 1.80. The summed E-state index contributed by atoms with van der Waals surface area (Å²) in [5, 5.41) is 15.6. The number of carbonyl (C=O) groups excluding carboxylic acids is 1. The van der Waals surface area contributed by atoms with Crippen molar-refractivity contribution in [3.63, 3.8) is 0 Å². The molecule has 2 aromatic carbocycles. The van der Waals surface area contributed by atoms with Gasteiger partial charge in [-0.1, -0.05) is 48.0 Å². The van der Waals surface area contributed by atoms with E-state index in [4.69, 9.17) is 11.6 Å². The molecule has 7 heteroatoms. The molecule has 0 aliphatic rings. The van der Waals surface area contributed by atoms with Crippen molar-refractivity contribution in [2.45, 2.75) is 20.4 Å². The molecule has 0 spiro atoms. The molecular formula is C21H20ClN3O3. The first-order valence-corrected chi connectivity index (χ1v) is 9.05. The van der Waals surface area contributed by atoms with Crippen molar-refractivity contribution in [1.29, 1.82) is 0 Å². The van der Waals surface area contributed by atoms with E-state index in [0.29, 0.717) is 22.8 Å². The van der Waals surface area contributed by atoms with Crippen molar-refractivity contribution in [1.82, 2.24) is 4.57 Å². The normalized spacial score (nSPS) is 10.5. The van der Waals surface area contributed by atoms with E-state index in [1.165, 1.54) is 0 Å². The Morgan fingerprint density at radius 1 is 1.04 bits per heavy atom. The van der Waals surface area contributed by atoms with E-state index in [-0.39, 0.29) is 11.4 Å². The third-order valence-corrected chi connectivity index (χ3v) is 4.78. The van der Waals surface area contributed by atoms with E-state index < -0.39 is 12.0 Å². The number of aromatic nitrogens is 1. The predicted octanol–water partition coefficient (Wildman–Crippen LogP) is 5.15. The molecule has 0 radical (unpaired) electrons. The lowest BCUT2D eigenvalue weighted by Gasteiger charge is -2.14. The molecule has 1 heterocycles. The lowest BCUT2D eigenvalue weighted by atomic mass is 10.1. The molecule has 3 rings (SSSR count). The number of benzene rings is 2. The fraction of sp³-hybridized carbons (Fsp3) is 0.143. The van der Waals surface area contributed by atoms with E-state index in [1.807, 2.05) is 37.3 Å². The standard InChI is InChI=1S/C21H20ClN3O3/c1-13-14(2)25(12-15-7-4-3-5-8-15)19(18(13)20(26)27)24-21(28)23-17-10-6-9-16(22)11-17/h3-11H,12H2,1-2H3,(H,26,27)(H2,23,24,28). The van der Waals surface area contributed by atoms with Crippen molar-refractivity contribution in [3.8, 4) is 0 Å². The summed E-state index contributed by atoms with van der Waals surface area (Å²) in [5.74, 6) is -0.851. The molecule has 0 aliphatic heterocycles. The van der Waals surface area contributed by atoms with Crippen LogP contribution in [0.25, 0.3) is 0 Å². The molecule has 0 saturated carbocycles. The molecule has 0 fully saturated rings. The zero-order valence-corrected chi connectivity index (χ0v) is 16.2. The van der Waals surface area contributed by atoms with Gasteiger partial charge in [-0.15, -0.1) is 0 Å². The van der Waals surface area contributed by atoms with Crippen LogP contribution in [0.5, 0.6) is 0 Å². The Morgan fingerprint density at radius 2 is 1.75 bits per heavy atom. The van der Waals surface area contributed by atoms with Gasteiger partial charge in [-0.2, -0.15) is 0 Å². The number of carboxylic acid groups (broad SMARTS) is 1. The van der Waals surface area contributed by atoms with Crippen LogP contribution >= 0.6 is 11.6 Å². The van der Waals surface area contributed by atoms with Gasteiger partial charge in [0.15, 0.2) is 0 Å². The molecule has 6 nitrogen and oxygen atoms in total. The number of anilines is 2. The Labute approximate surface area is 167 Å². The van der Waals surface area contributed by atoms with Crippen molar-refractivity contribution in [3.05, 3.63) is 82.0 Å². The van der Waals surface area contributed by atoms with Gasteiger partial charge in [0.05, 0.1) is 0 Å². The van der Waals surface area contributed by atoms with E-state index in [9.17, 15) is 14.7 Å². The average Bonchev–Trinajstić information content (AvgIpc) is 2.87. The first-order valence-electron chi connectivity index (χ1n) is 8.67. The second-order valence-corrected chi connectivity index (χ2v) is 6.84. The van der Waals surface area contributed by atoms with Gasteiger partial charge in [-0.3, -0.25) is 5.32 Å². The number of aromatic carboxylic acids is 1. The third-order valence-electron chi connectivity index (χ3n) is 4.54. The SMILES string of the molecule is Cc1c(C(=O)O)c(NC(=O)Nc2cccc(Cl)c2)n(Cc2ccccc2)c1C. The summed E-state index contributed by atoms with van der Waals surface area (Å²) in [6.07, 6.45) is 0. The number of hydrogen-bond acceptors (Lipinski definition) is 2. The lowest BCUT2D eigenvalue weighted by molar-refractivity contribution is 0.0697. The minimum atomic E-state index is -1.09. The number of carbonyl (C=O) groups is 2. The van der Waals surface area contributed by atoms with Crippen LogP contribution in [0.1, 0.15) is 27.2 Å². The quantitative estimate of drug-likeness (QED) is 0.556. The maximum absolute atomic E-state index is 12.5. The number of urea groups is 1. The van der Waals surface area contributed by atoms with Gasteiger partial charge in [0, 0.05) is 22.9 Å². The molecule has 0 aliphatic carbocycles. The summed E-state index contributed by atoms with van der Waals surface area (Å²) in [5.41, 5.74) is 2.97. The van der Waals surface area contributed by atoms with Crippen LogP contribution in [-0.4, -0.2) is 21.7 Å². The number of carboxylic acids is 1. The summed E-state index contributed by atoms with van der Waals surface area (Å²) in [7, 11) is 0. The van der Waals surface area contributed by atoms with Gasteiger partial charge in [-0.05, 0) is 43.2 Å². The largest absolute Gasteiger partial charge is 0.478 e. The molecule has 0 saturated heterocycles. The first kappa shape index (κ1) is 19.5. The van der Waals surface area contributed by atoms with Crippen LogP contribution in [-0.2, 0) is 6.54 Å². The summed E-state index contributed by atoms with van der Waals surface area (Å²) in [6.45, 7) is 4.01. The first-order chi connectivity index (χ1) is 13.4. The van der Waals surface area contributed by atoms with Gasteiger partial charge in [0.2, 0.25) is 0 Å². The van der Waals surface area contributed by atoms with Crippen LogP contribution in [0.4, 0.5) is 16.3 Å². The fourth-order valence-corrected chi connectivity index (χ4v) is 3.25. The number of hydrogen-bond donors (Lipinski definition) is 3. The number of halogens is 1. The molecule has 0 bridgehead atoms. The zero-order valence-electron chi connectivity index (χ0n) is 15.5. The molecular weight excluding hydrogens is 378 g/mol.